The molecule has 0 radical (unpaired) electrons. The monoisotopic (exact) mass is 408 g/mol. The average molecular weight is 409 g/mol. The van der Waals surface area contributed by atoms with Crippen LogP contribution in [-0.2, 0) is 24.4 Å². The van der Waals surface area contributed by atoms with Gasteiger partial charge in [-0.15, -0.1) is 0 Å². The maximum atomic E-state index is 14.4. The molecule has 5 nitrogen and oxygen atoms in total. The van der Waals surface area contributed by atoms with Crippen LogP contribution in [0.2, 0.25) is 0 Å². The topological polar surface area (TPSA) is 42.3 Å². The fourth-order valence-corrected chi connectivity index (χ4v) is 4.06. The summed E-state index contributed by atoms with van der Waals surface area (Å²) in [4.78, 5) is 6.42. The number of nitrogens with zero attached hydrogens (tertiary/aromatic N) is 3. The molecule has 6 heteroatoms. The minimum atomic E-state index is -0.247. The lowest BCUT2D eigenvalue weighted by Gasteiger charge is -2.35. The Morgan fingerprint density at radius 3 is 2.33 bits per heavy atom. The van der Waals surface area contributed by atoms with Crippen LogP contribution in [0.25, 0.3) is 5.69 Å². The molecule has 1 aliphatic rings. The minimum Gasteiger partial charge on any atom is -0.373 e. The molecule has 0 aliphatic carbocycles. The van der Waals surface area contributed by atoms with E-state index in [2.05, 4.69) is 53.3 Å². The van der Waals surface area contributed by atoms with Crippen molar-refractivity contribution in [1.29, 1.82) is 0 Å². The van der Waals surface area contributed by atoms with Gasteiger partial charge in [-0.1, -0.05) is 30.3 Å². The van der Waals surface area contributed by atoms with Crippen molar-refractivity contribution in [3.05, 3.63) is 83.7 Å². The summed E-state index contributed by atoms with van der Waals surface area (Å²) in [6.07, 6.45) is 5.55. The van der Waals surface area contributed by atoms with Crippen molar-refractivity contribution >= 4 is 0 Å². The molecular formula is C24H29FN4O. The van der Waals surface area contributed by atoms with Gasteiger partial charge < -0.3 is 14.6 Å². The summed E-state index contributed by atoms with van der Waals surface area (Å²) in [5.74, 6) is -0.247. The first-order valence-corrected chi connectivity index (χ1v) is 10.5. The van der Waals surface area contributed by atoms with Crippen LogP contribution >= 0.6 is 0 Å². The van der Waals surface area contributed by atoms with E-state index in [4.69, 9.17) is 4.74 Å². The highest BCUT2D eigenvalue weighted by Crippen LogP contribution is 2.16. The molecule has 1 aliphatic heterocycles. The molecule has 30 heavy (non-hydrogen) atoms. The molecule has 0 spiro atoms. The lowest BCUT2D eigenvalue weighted by molar-refractivity contribution is -0.0704. The first kappa shape index (κ1) is 20.7. The molecule has 4 rings (SSSR count). The summed E-state index contributed by atoms with van der Waals surface area (Å²) in [7, 11) is 0. The van der Waals surface area contributed by atoms with Crippen molar-refractivity contribution in [2.24, 2.45) is 0 Å². The fraction of sp³-hybridized carbons (Fsp3) is 0.375. The summed E-state index contributed by atoms with van der Waals surface area (Å²) >= 11 is 0. The maximum Gasteiger partial charge on any atom is 0.147 e. The minimum absolute atomic E-state index is 0.247. The zero-order chi connectivity index (χ0) is 20.9. The molecule has 0 saturated carbocycles. The van der Waals surface area contributed by atoms with Crippen molar-refractivity contribution in [1.82, 2.24) is 19.8 Å². The van der Waals surface area contributed by atoms with E-state index in [1.54, 1.807) is 35.4 Å². The Morgan fingerprint density at radius 2 is 1.67 bits per heavy atom. The van der Waals surface area contributed by atoms with Gasteiger partial charge in [0.05, 0.1) is 24.2 Å². The van der Waals surface area contributed by atoms with Crippen LogP contribution in [0.15, 0.2) is 61.2 Å². The van der Waals surface area contributed by atoms with Crippen molar-refractivity contribution < 1.29 is 9.13 Å². The van der Waals surface area contributed by atoms with Crippen molar-refractivity contribution in [2.45, 2.75) is 45.7 Å². The smallest absolute Gasteiger partial charge is 0.147 e. The number of imidazole rings is 1. The quantitative estimate of drug-likeness (QED) is 0.644. The number of aromatic nitrogens is 2. The van der Waals surface area contributed by atoms with Gasteiger partial charge in [0.2, 0.25) is 0 Å². The molecule has 2 heterocycles. The van der Waals surface area contributed by atoms with Gasteiger partial charge in [0.15, 0.2) is 0 Å². The Hall–Kier alpha value is -2.54. The number of morpholine rings is 1. The largest absolute Gasteiger partial charge is 0.373 e. The lowest BCUT2D eigenvalue weighted by Crippen LogP contribution is -2.44. The molecule has 1 fully saturated rings. The van der Waals surface area contributed by atoms with Crippen LogP contribution in [0.4, 0.5) is 4.39 Å². The Labute approximate surface area is 177 Å². The van der Waals surface area contributed by atoms with Gasteiger partial charge in [-0.3, -0.25) is 4.90 Å². The molecule has 1 aromatic heterocycles. The second-order valence-electron chi connectivity index (χ2n) is 8.13. The summed E-state index contributed by atoms with van der Waals surface area (Å²) < 4.78 is 21.8. The predicted molar refractivity (Wildman–Crippen MR) is 116 cm³/mol. The van der Waals surface area contributed by atoms with Gasteiger partial charge in [0.25, 0.3) is 0 Å². The Kier molecular flexibility index (Phi) is 6.57. The van der Waals surface area contributed by atoms with Gasteiger partial charge in [-0.2, -0.15) is 0 Å². The highest BCUT2D eigenvalue weighted by Gasteiger charge is 2.21. The zero-order valence-electron chi connectivity index (χ0n) is 17.6. The summed E-state index contributed by atoms with van der Waals surface area (Å²) in [6.45, 7) is 8.54. The number of halogens is 1. The van der Waals surface area contributed by atoms with Crippen molar-refractivity contribution in [2.75, 3.05) is 13.1 Å². The Morgan fingerprint density at radius 1 is 1.00 bits per heavy atom. The van der Waals surface area contributed by atoms with Crippen LogP contribution in [0.1, 0.15) is 30.5 Å². The number of rotatable bonds is 7. The van der Waals surface area contributed by atoms with E-state index in [1.165, 1.54) is 11.1 Å². The lowest BCUT2D eigenvalue weighted by atomic mass is 10.1. The van der Waals surface area contributed by atoms with Crippen LogP contribution < -0.4 is 5.32 Å². The molecule has 0 amide bonds. The van der Waals surface area contributed by atoms with E-state index in [0.29, 0.717) is 12.2 Å². The van der Waals surface area contributed by atoms with Gasteiger partial charge in [0, 0.05) is 45.1 Å². The SMILES string of the molecule is CC1CN(Cc2ccc(CNCc3ccc(-n4ccnc4)c(F)c3)cc2)CC(C)O1. The van der Waals surface area contributed by atoms with Gasteiger partial charge in [-0.25, -0.2) is 9.37 Å². The van der Waals surface area contributed by atoms with Crippen molar-refractivity contribution in [3.63, 3.8) is 0 Å². The first-order chi connectivity index (χ1) is 14.6. The molecule has 0 bridgehead atoms. The van der Waals surface area contributed by atoms with Gasteiger partial charge >= 0.3 is 0 Å². The highest BCUT2D eigenvalue weighted by molar-refractivity contribution is 5.36. The third-order valence-electron chi connectivity index (χ3n) is 5.38. The molecule has 2 unspecified atom stereocenters. The van der Waals surface area contributed by atoms with Gasteiger partial charge in [-0.05, 0) is 42.7 Å². The Bertz CT molecular complexity index is 932. The standard InChI is InChI=1S/C24H29FN4O/c1-18-14-28(15-19(2)30-18)16-21-5-3-20(4-6-21)12-27-13-22-7-8-24(23(25)11-22)29-10-9-26-17-29/h3-11,17-19,27H,12-16H2,1-2H3. The predicted octanol–water partition coefficient (Wildman–Crippen LogP) is 3.91. The molecule has 1 N–H and O–H groups in total. The van der Waals surface area contributed by atoms with E-state index >= 15 is 0 Å². The number of ether oxygens (including phenoxy) is 1. The van der Waals surface area contributed by atoms with Crippen LogP contribution in [0.3, 0.4) is 0 Å². The summed E-state index contributed by atoms with van der Waals surface area (Å²) in [5, 5.41) is 3.40. The fourth-order valence-electron chi connectivity index (χ4n) is 4.06. The number of nitrogens with one attached hydrogen (secondary N) is 1. The molecule has 3 aromatic rings. The average Bonchev–Trinajstić information content (AvgIpc) is 3.23. The molecule has 2 atom stereocenters. The van der Waals surface area contributed by atoms with E-state index < -0.39 is 0 Å². The molecule has 158 valence electrons. The normalized spacial score (nSPS) is 19.8. The number of hydrogen-bond donors (Lipinski definition) is 1. The highest BCUT2D eigenvalue weighted by atomic mass is 19.1. The third kappa shape index (κ3) is 5.33. The summed E-state index contributed by atoms with van der Waals surface area (Å²) in [5.41, 5.74) is 3.97. The van der Waals surface area contributed by atoms with E-state index in [0.717, 1.165) is 31.7 Å². The second kappa shape index (κ2) is 9.51. The third-order valence-corrected chi connectivity index (χ3v) is 5.38. The van der Waals surface area contributed by atoms with E-state index in [9.17, 15) is 4.39 Å². The number of hydrogen-bond acceptors (Lipinski definition) is 4. The zero-order valence-corrected chi connectivity index (χ0v) is 17.6. The van der Waals surface area contributed by atoms with E-state index in [1.807, 2.05) is 6.07 Å². The molecular weight excluding hydrogens is 379 g/mol. The molecule has 2 aromatic carbocycles. The summed E-state index contributed by atoms with van der Waals surface area (Å²) in [6, 6.07) is 14.0. The van der Waals surface area contributed by atoms with Crippen LogP contribution in [0, 0.1) is 5.82 Å². The van der Waals surface area contributed by atoms with Crippen LogP contribution in [-0.4, -0.2) is 39.7 Å². The van der Waals surface area contributed by atoms with Gasteiger partial charge in [0.1, 0.15) is 5.82 Å². The van der Waals surface area contributed by atoms with Crippen LogP contribution in [0.5, 0.6) is 0 Å². The van der Waals surface area contributed by atoms with Crippen molar-refractivity contribution in [3.8, 4) is 5.69 Å². The molecule has 1 saturated heterocycles. The Balaban J connectivity index is 1.27. The number of benzene rings is 2. The second-order valence-corrected chi connectivity index (χ2v) is 8.13. The van der Waals surface area contributed by atoms with E-state index in [-0.39, 0.29) is 18.0 Å². The first-order valence-electron chi connectivity index (χ1n) is 10.5. The maximum absolute atomic E-state index is 14.4.